The van der Waals surface area contributed by atoms with Crippen LogP contribution in [0.4, 0.5) is 8.78 Å². The van der Waals surface area contributed by atoms with Crippen LogP contribution in [0.3, 0.4) is 0 Å². The molecule has 0 heterocycles. The predicted octanol–water partition coefficient (Wildman–Crippen LogP) is 1.99. The van der Waals surface area contributed by atoms with Gasteiger partial charge in [-0.05, 0) is 29.7 Å². The van der Waals surface area contributed by atoms with Gasteiger partial charge in [0.25, 0.3) is 0 Å². The van der Waals surface area contributed by atoms with E-state index in [1.54, 1.807) is 0 Å². The van der Waals surface area contributed by atoms with Crippen LogP contribution in [0.5, 0.6) is 0 Å². The highest BCUT2D eigenvalue weighted by atomic mass is 19.1. The number of benzene rings is 2. The minimum atomic E-state index is -0.796. The lowest BCUT2D eigenvalue weighted by molar-refractivity contribution is 0.141. The van der Waals surface area contributed by atoms with E-state index in [-0.39, 0.29) is 6.42 Å². The molecular weight excluding hydrogens is 286 g/mol. The summed E-state index contributed by atoms with van der Waals surface area (Å²) < 4.78 is 26.2. The fourth-order valence-corrected chi connectivity index (χ4v) is 2.25. The Kier molecular flexibility index (Phi) is 6.00. The van der Waals surface area contributed by atoms with Crippen molar-refractivity contribution in [3.8, 4) is 0 Å². The van der Waals surface area contributed by atoms with Gasteiger partial charge in [-0.1, -0.05) is 30.3 Å². The van der Waals surface area contributed by atoms with Crippen molar-refractivity contribution >= 4 is 0 Å². The Labute approximate surface area is 128 Å². The Balaban J connectivity index is 1.80. The lowest BCUT2D eigenvalue weighted by atomic mass is 10.0. The Morgan fingerprint density at radius 2 is 1.64 bits per heavy atom. The zero-order valence-electron chi connectivity index (χ0n) is 12.2. The van der Waals surface area contributed by atoms with Crippen molar-refractivity contribution in [3.05, 3.63) is 71.3 Å². The third kappa shape index (κ3) is 5.18. The van der Waals surface area contributed by atoms with Crippen LogP contribution in [-0.2, 0) is 13.0 Å². The van der Waals surface area contributed by atoms with E-state index in [2.05, 4.69) is 5.32 Å². The van der Waals surface area contributed by atoms with Crippen molar-refractivity contribution in [1.82, 2.24) is 5.32 Å². The fraction of sp³-hybridized carbons (Fsp3) is 0.294. The molecule has 0 aliphatic heterocycles. The maximum absolute atomic E-state index is 13.1. The molecule has 0 bridgehead atoms. The molecule has 0 aliphatic rings. The lowest BCUT2D eigenvalue weighted by Gasteiger charge is -2.19. The second kappa shape index (κ2) is 7.98. The first-order valence-corrected chi connectivity index (χ1v) is 7.18. The molecule has 0 saturated heterocycles. The maximum atomic E-state index is 13.1. The van der Waals surface area contributed by atoms with Crippen LogP contribution in [0.1, 0.15) is 11.1 Å². The minimum Gasteiger partial charge on any atom is -0.390 e. The molecule has 0 radical (unpaired) electrons. The molecule has 2 aromatic rings. The van der Waals surface area contributed by atoms with Gasteiger partial charge in [0.15, 0.2) is 0 Å². The molecule has 0 amide bonds. The van der Waals surface area contributed by atoms with Gasteiger partial charge in [0.2, 0.25) is 0 Å². The summed E-state index contributed by atoms with van der Waals surface area (Å²) in [6.07, 6.45) is -0.585. The van der Waals surface area contributed by atoms with E-state index < -0.39 is 23.8 Å². The highest BCUT2D eigenvalue weighted by molar-refractivity contribution is 5.19. The number of aliphatic hydroxyl groups is 1. The van der Waals surface area contributed by atoms with Crippen molar-refractivity contribution in [2.75, 3.05) is 6.54 Å². The Bertz CT molecular complexity index is 572. The van der Waals surface area contributed by atoms with Crippen molar-refractivity contribution in [3.63, 3.8) is 0 Å². The number of halogens is 2. The molecule has 0 aliphatic carbocycles. The quantitative estimate of drug-likeness (QED) is 0.733. The highest BCUT2D eigenvalue weighted by Crippen LogP contribution is 2.10. The third-order valence-corrected chi connectivity index (χ3v) is 3.41. The number of hydrogen-bond donors (Lipinski definition) is 3. The molecule has 2 atom stereocenters. The molecule has 22 heavy (non-hydrogen) atoms. The summed E-state index contributed by atoms with van der Waals surface area (Å²) in [4.78, 5) is 0. The average Bonchev–Trinajstić information content (AvgIpc) is 2.47. The first-order chi connectivity index (χ1) is 10.5. The van der Waals surface area contributed by atoms with Gasteiger partial charge in [0.1, 0.15) is 11.6 Å². The monoisotopic (exact) mass is 306 g/mol. The molecule has 118 valence electrons. The van der Waals surface area contributed by atoms with Gasteiger partial charge in [0.05, 0.1) is 6.10 Å². The molecule has 0 unspecified atom stereocenters. The molecule has 2 aromatic carbocycles. The summed E-state index contributed by atoms with van der Waals surface area (Å²) in [7, 11) is 0. The molecule has 2 rings (SSSR count). The van der Waals surface area contributed by atoms with E-state index in [4.69, 9.17) is 5.73 Å². The largest absolute Gasteiger partial charge is 0.390 e. The Morgan fingerprint density at radius 1 is 1.00 bits per heavy atom. The van der Waals surface area contributed by atoms with E-state index in [9.17, 15) is 13.9 Å². The van der Waals surface area contributed by atoms with Gasteiger partial charge in [0, 0.05) is 25.2 Å². The van der Waals surface area contributed by atoms with E-state index in [1.807, 2.05) is 30.3 Å². The summed E-state index contributed by atoms with van der Waals surface area (Å²) in [5.74, 6) is -1.28. The third-order valence-electron chi connectivity index (χ3n) is 3.41. The average molecular weight is 306 g/mol. The van der Waals surface area contributed by atoms with Crippen LogP contribution < -0.4 is 11.1 Å². The molecule has 5 heteroatoms. The number of aliphatic hydroxyl groups excluding tert-OH is 1. The van der Waals surface area contributed by atoms with Gasteiger partial charge in [-0.25, -0.2) is 8.78 Å². The summed E-state index contributed by atoms with van der Waals surface area (Å²) in [5.41, 5.74) is 7.44. The molecule has 4 N–H and O–H groups in total. The number of hydrogen-bond acceptors (Lipinski definition) is 3. The summed E-state index contributed by atoms with van der Waals surface area (Å²) >= 11 is 0. The summed E-state index contributed by atoms with van der Waals surface area (Å²) in [5, 5.41) is 13.1. The van der Waals surface area contributed by atoms with Gasteiger partial charge in [-0.3, -0.25) is 0 Å². The van der Waals surface area contributed by atoms with E-state index in [0.717, 1.165) is 11.6 Å². The van der Waals surface area contributed by atoms with Crippen LogP contribution in [0.15, 0.2) is 48.5 Å². The van der Waals surface area contributed by atoms with Crippen molar-refractivity contribution in [1.29, 1.82) is 0 Å². The number of nitrogens with one attached hydrogen (secondary N) is 1. The molecule has 0 saturated carbocycles. The predicted molar refractivity (Wildman–Crippen MR) is 82.2 cm³/mol. The molecule has 0 fully saturated rings. The minimum absolute atomic E-state index is 0.211. The van der Waals surface area contributed by atoms with Crippen LogP contribution in [0.2, 0.25) is 0 Å². The first-order valence-electron chi connectivity index (χ1n) is 7.18. The second-order valence-corrected chi connectivity index (χ2v) is 5.33. The highest BCUT2D eigenvalue weighted by Gasteiger charge is 2.15. The van der Waals surface area contributed by atoms with Crippen molar-refractivity contribution < 1.29 is 13.9 Å². The van der Waals surface area contributed by atoms with Gasteiger partial charge < -0.3 is 16.2 Å². The Hall–Kier alpha value is -1.82. The van der Waals surface area contributed by atoms with Crippen LogP contribution in [-0.4, -0.2) is 23.8 Å². The fourth-order valence-electron chi connectivity index (χ4n) is 2.25. The summed E-state index contributed by atoms with van der Waals surface area (Å²) in [6.45, 7) is 0.938. The standard InChI is InChI=1S/C17H20F2N2O/c18-14-6-13(7-15(19)9-14)8-16(20)17(22)11-21-10-12-4-2-1-3-5-12/h1-7,9,16-17,21-22H,8,10-11,20H2/t16-,17+/m0/s1. The molecule has 0 spiro atoms. The summed E-state index contributed by atoms with van der Waals surface area (Å²) in [6, 6.07) is 12.5. The maximum Gasteiger partial charge on any atom is 0.126 e. The smallest absolute Gasteiger partial charge is 0.126 e. The first kappa shape index (κ1) is 16.5. The Morgan fingerprint density at radius 3 is 2.27 bits per heavy atom. The van der Waals surface area contributed by atoms with E-state index in [1.165, 1.54) is 12.1 Å². The SMILES string of the molecule is N[C@@H](Cc1cc(F)cc(F)c1)[C@H](O)CNCc1ccccc1. The normalized spacial score (nSPS) is 13.8. The van der Waals surface area contributed by atoms with Crippen LogP contribution in [0.25, 0.3) is 0 Å². The van der Waals surface area contributed by atoms with Gasteiger partial charge in [-0.2, -0.15) is 0 Å². The molecule has 0 aromatic heterocycles. The van der Waals surface area contributed by atoms with Gasteiger partial charge >= 0.3 is 0 Å². The van der Waals surface area contributed by atoms with Gasteiger partial charge in [-0.15, -0.1) is 0 Å². The zero-order chi connectivity index (χ0) is 15.9. The van der Waals surface area contributed by atoms with Crippen LogP contribution >= 0.6 is 0 Å². The van der Waals surface area contributed by atoms with E-state index in [0.29, 0.717) is 18.7 Å². The van der Waals surface area contributed by atoms with Crippen molar-refractivity contribution in [2.24, 2.45) is 5.73 Å². The van der Waals surface area contributed by atoms with Crippen molar-refractivity contribution in [2.45, 2.75) is 25.1 Å². The number of rotatable bonds is 7. The molecule has 3 nitrogen and oxygen atoms in total. The second-order valence-electron chi connectivity index (χ2n) is 5.33. The van der Waals surface area contributed by atoms with E-state index >= 15 is 0 Å². The zero-order valence-corrected chi connectivity index (χ0v) is 12.2. The molecular formula is C17H20F2N2O. The van der Waals surface area contributed by atoms with Crippen LogP contribution in [0, 0.1) is 11.6 Å². The number of nitrogens with two attached hydrogens (primary N) is 1. The lowest BCUT2D eigenvalue weighted by Crippen LogP contribution is -2.43. The topological polar surface area (TPSA) is 58.3 Å².